The molecule has 1 saturated heterocycles. The molecular formula is C31H40N4O2. The van der Waals surface area contributed by atoms with Crippen LogP contribution < -0.4 is 4.74 Å². The topological polar surface area (TPSA) is 58.6 Å². The van der Waals surface area contributed by atoms with Gasteiger partial charge in [-0.3, -0.25) is 14.7 Å². The van der Waals surface area contributed by atoms with Gasteiger partial charge in [0.1, 0.15) is 18.1 Å². The highest BCUT2D eigenvalue weighted by molar-refractivity contribution is 5.93. The summed E-state index contributed by atoms with van der Waals surface area (Å²) >= 11 is 0. The molecule has 0 bridgehead atoms. The van der Waals surface area contributed by atoms with E-state index in [9.17, 15) is 4.79 Å². The molecule has 196 valence electrons. The van der Waals surface area contributed by atoms with E-state index in [4.69, 9.17) is 4.74 Å². The van der Waals surface area contributed by atoms with E-state index in [-0.39, 0.29) is 11.3 Å². The Labute approximate surface area is 221 Å². The molecule has 6 nitrogen and oxygen atoms in total. The van der Waals surface area contributed by atoms with Crippen LogP contribution in [0.15, 0.2) is 54.7 Å². The lowest BCUT2D eigenvalue weighted by atomic mass is 9.73. The Bertz CT molecular complexity index is 1200. The summed E-state index contributed by atoms with van der Waals surface area (Å²) in [5.74, 6) is 1.65. The molecule has 0 saturated carbocycles. The van der Waals surface area contributed by atoms with Crippen molar-refractivity contribution in [1.29, 1.82) is 0 Å². The lowest BCUT2D eigenvalue weighted by Crippen LogP contribution is -2.49. The van der Waals surface area contributed by atoms with Crippen LogP contribution in [0.4, 0.5) is 0 Å². The Morgan fingerprint density at radius 2 is 1.73 bits per heavy atom. The Morgan fingerprint density at radius 1 is 0.973 bits per heavy atom. The number of carbonyl (C=O) groups excluding carboxylic acids is 1. The van der Waals surface area contributed by atoms with Crippen molar-refractivity contribution in [3.63, 3.8) is 0 Å². The summed E-state index contributed by atoms with van der Waals surface area (Å²) in [5, 5.41) is 0. The molecule has 2 aromatic carbocycles. The van der Waals surface area contributed by atoms with E-state index >= 15 is 0 Å². The monoisotopic (exact) mass is 500 g/mol. The fraction of sp³-hybridized carbons (Fsp3) is 0.516. The van der Waals surface area contributed by atoms with Crippen molar-refractivity contribution < 1.29 is 9.53 Å². The molecule has 2 aliphatic heterocycles. The first kappa shape index (κ1) is 25.7. The first-order valence-corrected chi connectivity index (χ1v) is 14.0. The Hall–Kier alpha value is -2.99. The van der Waals surface area contributed by atoms with Crippen LogP contribution >= 0.6 is 0 Å². The number of aromatic nitrogens is 2. The van der Waals surface area contributed by atoms with Crippen LogP contribution in [0.2, 0.25) is 0 Å². The molecule has 1 spiro atoms. The number of amides is 1. The van der Waals surface area contributed by atoms with E-state index in [2.05, 4.69) is 53.0 Å². The summed E-state index contributed by atoms with van der Waals surface area (Å²) in [6, 6.07) is 16.2. The minimum absolute atomic E-state index is 0.00491. The molecule has 5 rings (SSSR count). The van der Waals surface area contributed by atoms with Gasteiger partial charge in [0.2, 0.25) is 0 Å². The molecule has 0 unspecified atom stereocenters. The number of para-hydroxylation sites is 3. The highest BCUT2D eigenvalue weighted by atomic mass is 16.5. The second-order valence-corrected chi connectivity index (χ2v) is 11.3. The smallest absolute Gasteiger partial charge is 0.274 e. The third-order valence-corrected chi connectivity index (χ3v) is 8.00. The van der Waals surface area contributed by atoms with Crippen LogP contribution in [0.25, 0.3) is 11.0 Å². The van der Waals surface area contributed by atoms with Gasteiger partial charge in [-0.15, -0.1) is 0 Å². The van der Waals surface area contributed by atoms with Gasteiger partial charge in [0.05, 0.1) is 17.2 Å². The summed E-state index contributed by atoms with van der Waals surface area (Å²) in [6.45, 7) is 9.95. The highest BCUT2D eigenvalue weighted by Gasteiger charge is 2.37. The number of fused-ring (bicyclic) bond motifs is 2. The lowest BCUT2D eigenvalue weighted by Gasteiger charge is -2.45. The first-order chi connectivity index (χ1) is 18.0. The molecule has 3 heterocycles. The molecule has 1 aromatic heterocycles. The van der Waals surface area contributed by atoms with Gasteiger partial charge in [0, 0.05) is 32.7 Å². The molecule has 2 aliphatic rings. The number of rotatable bonds is 3. The number of hydrogen-bond donors (Lipinski definition) is 0. The van der Waals surface area contributed by atoms with Crippen LogP contribution in [0.5, 0.6) is 5.75 Å². The van der Waals surface area contributed by atoms with Crippen LogP contribution in [0, 0.1) is 11.3 Å². The van der Waals surface area contributed by atoms with Crippen molar-refractivity contribution >= 4 is 16.9 Å². The fourth-order valence-electron chi connectivity index (χ4n) is 6.07. The third kappa shape index (κ3) is 6.30. The predicted octanol–water partition coefficient (Wildman–Crippen LogP) is 5.62. The highest BCUT2D eigenvalue weighted by Crippen LogP contribution is 2.39. The molecule has 3 aromatic rings. The van der Waals surface area contributed by atoms with E-state index in [0.29, 0.717) is 18.2 Å². The molecule has 6 heteroatoms. The number of aryl methyl sites for hydroxylation is 1. The second-order valence-electron chi connectivity index (χ2n) is 11.3. The number of ether oxygens (including phenoxy) is 1. The van der Waals surface area contributed by atoms with Gasteiger partial charge in [0.25, 0.3) is 5.91 Å². The quantitative estimate of drug-likeness (QED) is 0.467. The minimum atomic E-state index is 0.00491. The van der Waals surface area contributed by atoms with Gasteiger partial charge in [-0.1, -0.05) is 50.6 Å². The predicted molar refractivity (Wildman–Crippen MR) is 148 cm³/mol. The first-order valence-electron chi connectivity index (χ1n) is 14.0. The van der Waals surface area contributed by atoms with Gasteiger partial charge in [-0.05, 0) is 67.2 Å². The Balaban J connectivity index is 1.29. The van der Waals surface area contributed by atoms with Gasteiger partial charge >= 0.3 is 0 Å². The number of hydrogen-bond acceptors (Lipinski definition) is 5. The van der Waals surface area contributed by atoms with Gasteiger partial charge in [0.15, 0.2) is 0 Å². The lowest BCUT2D eigenvalue weighted by molar-refractivity contribution is 0.0351. The average Bonchev–Trinajstić information content (AvgIpc) is 2.90. The van der Waals surface area contributed by atoms with Crippen LogP contribution in [-0.4, -0.2) is 65.0 Å². The zero-order valence-electron chi connectivity index (χ0n) is 22.4. The number of carbonyl (C=O) groups is 1. The molecule has 0 N–H and O–H groups in total. The van der Waals surface area contributed by atoms with Crippen molar-refractivity contribution in [2.45, 2.75) is 52.4 Å². The van der Waals surface area contributed by atoms with Gasteiger partial charge in [-0.2, -0.15) is 0 Å². The summed E-state index contributed by atoms with van der Waals surface area (Å²) in [4.78, 5) is 27.0. The number of benzene rings is 2. The second kappa shape index (κ2) is 11.6. The zero-order chi connectivity index (χ0) is 25.7. The van der Waals surface area contributed by atoms with E-state index < -0.39 is 0 Å². The zero-order valence-corrected chi connectivity index (χ0v) is 22.4. The SMILES string of the molecule is CC(C)CN1CCOc2ccccc2CCCCC2(CCN(C(=O)c3cnc4ccccc4n3)CC2)C1. The van der Waals surface area contributed by atoms with Crippen LogP contribution in [0.3, 0.4) is 0 Å². The maximum absolute atomic E-state index is 13.3. The standard InChI is InChI=1S/C31H40N4O2/c1-24(2)22-34-19-20-37-29-13-6-3-9-25(29)10-7-8-14-31(23-34)15-17-35(18-16-31)30(36)28-21-32-26-11-4-5-12-27(26)33-28/h3-6,9,11-13,21,24H,7-8,10,14-20,22-23H2,1-2H3. The van der Waals surface area contributed by atoms with E-state index in [1.165, 1.54) is 24.8 Å². The van der Waals surface area contributed by atoms with E-state index in [1.807, 2.05) is 29.2 Å². The van der Waals surface area contributed by atoms with E-state index in [0.717, 1.165) is 68.8 Å². The molecule has 0 atom stereocenters. The normalized spacial score (nSPS) is 19.2. The van der Waals surface area contributed by atoms with E-state index in [1.54, 1.807) is 6.20 Å². The largest absolute Gasteiger partial charge is 0.492 e. The number of piperidine rings is 1. The molecule has 1 fully saturated rings. The summed E-state index contributed by atoms with van der Waals surface area (Å²) in [7, 11) is 0. The maximum Gasteiger partial charge on any atom is 0.274 e. The van der Waals surface area contributed by atoms with Gasteiger partial charge < -0.3 is 9.64 Å². The molecule has 0 aliphatic carbocycles. The third-order valence-electron chi connectivity index (χ3n) is 8.00. The van der Waals surface area contributed by atoms with Gasteiger partial charge in [-0.25, -0.2) is 4.98 Å². The molecular weight excluding hydrogens is 460 g/mol. The van der Waals surface area contributed by atoms with Crippen molar-refractivity contribution in [2.75, 3.05) is 39.3 Å². The maximum atomic E-state index is 13.3. The average molecular weight is 501 g/mol. The number of nitrogens with zero attached hydrogens (tertiary/aromatic N) is 4. The summed E-state index contributed by atoms with van der Waals surface area (Å²) in [6.07, 6.45) is 8.34. The molecule has 0 radical (unpaired) electrons. The van der Waals surface area contributed by atoms with Crippen molar-refractivity contribution in [2.24, 2.45) is 11.3 Å². The summed E-state index contributed by atoms with van der Waals surface area (Å²) < 4.78 is 6.27. The van der Waals surface area contributed by atoms with Crippen molar-refractivity contribution in [3.8, 4) is 5.75 Å². The van der Waals surface area contributed by atoms with Crippen LogP contribution in [0.1, 0.15) is 62.0 Å². The van der Waals surface area contributed by atoms with Crippen molar-refractivity contribution in [1.82, 2.24) is 19.8 Å². The van der Waals surface area contributed by atoms with Crippen molar-refractivity contribution in [3.05, 3.63) is 66.0 Å². The minimum Gasteiger partial charge on any atom is -0.492 e. The molecule has 1 amide bonds. The fourth-order valence-corrected chi connectivity index (χ4v) is 6.07. The summed E-state index contributed by atoms with van der Waals surface area (Å²) in [5.41, 5.74) is 3.60. The molecule has 37 heavy (non-hydrogen) atoms. The number of likely N-dealkylation sites (tertiary alicyclic amines) is 1. The van der Waals surface area contributed by atoms with Crippen LogP contribution in [-0.2, 0) is 6.42 Å². The Kier molecular flexibility index (Phi) is 8.04. The Morgan fingerprint density at radius 3 is 2.54 bits per heavy atom.